The highest BCUT2D eigenvalue weighted by Crippen LogP contribution is 2.22. The first-order chi connectivity index (χ1) is 7.20. The first kappa shape index (κ1) is 12.5. The van der Waals surface area contributed by atoms with Gasteiger partial charge in [-0.15, -0.1) is 0 Å². The highest BCUT2D eigenvalue weighted by Gasteiger charge is 2.18. The molecule has 0 unspecified atom stereocenters. The molecule has 0 heterocycles. The highest BCUT2D eigenvalue weighted by molar-refractivity contribution is 5.78. The van der Waals surface area contributed by atoms with Gasteiger partial charge in [-0.3, -0.25) is 4.79 Å². The molecule has 0 aromatic rings. The third-order valence-corrected chi connectivity index (χ3v) is 3.16. The van der Waals surface area contributed by atoms with Crippen LogP contribution in [0.1, 0.15) is 58.8 Å². The smallest absolute Gasteiger partial charge is 0.223 e. The maximum absolute atomic E-state index is 11.9. The molecule has 0 radical (unpaired) electrons. The minimum absolute atomic E-state index is 0.295. The van der Waals surface area contributed by atoms with Crippen molar-refractivity contribution in [1.82, 2.24) is 5.32 Å². The second kappa shape index (κ2) is 6.86. The van der Waals surface area contributed by atoms with Gasteiger partial charge in [0.1, 0.15) is 0 Å². The molecule has 0 aromatic heterocycles. The van der Waals surface area contributed by atoms with E-state index in [0.717, 1.165) is 19.4 Å². The molecule has 0 atom stereocenters. The Kier molecular flexibility index (Phi) is 5.74. The number of amides is 1. The predicted molar refractivity (Wildman–Crippen MR) is 63.7 cm³/mol. The van der Waals surface area contributed by atoms with E-state index < -0.39 is 0 Å². The molecule has 1 N–H and O–H groups in total. The Morgan fingerprint density at radius 1 is 1.13 bits per heavy atom. The summed E-state index contributed by atoms with van der Waals surface area (Å²) in [5.74, 6) is 1.15. The predicted octanol–water partition coefficient (Wildman–Crippen LogP) is 3.12. The molecule has 88 valence electrons. The van der Waals surface area contributed by atoms with Crippen molar-refractivity contribution in [2.75, 3.05) is 6.54 Å². The van der Waals surface area contributed by atoms with Gasteiger partial charge in [0.25, 0.3) is 0 Å². The van der Waals surface area contributed by atoms with Crippen LogP contribution in [-0.4, -0.2) is 12.5 Å². The molecule has 0 aromatic carbocycles. The largest absolute Gasteiger partial charge is 0.356 e. The Labute approximate surface area is 93.8 Å². The zero-order chi connectivity index (χ0) is 11.1. The summed E-state index contributed by atoms with van der Waals surface area (Å²) in [6.45, 7) is 5.10. The Balaban J connectivity index is 2.28. The average Bonchev–Trinajstić information content (AvgIpc) is 2.13. The molecule has 1 rings (SSSR count). The number of nitrogens with one attached hydrogen (secondary N) is 1. The van der Waals surface area contributed by atoms with E-state index in [2.05, 4.69) is 19.2 Å². The fourth-order valence-corrected chi connectivity index (χ4v) is 2.17. The molecule has 1 aliphatic rings. The normalized spacial score (nSPS) is 19.7. The number of carbonyl (C=O) groups is 1. The van der Waals surface area contributed by atoms with Crippen molar-refractivity contribution in [2.45, 2.75) is 58.8 Å². The first-order valence-electron chi connectivity index (χ1n) is 6.48. The summed E-state index contributed by atoms with van der Waals surface area (Å²) >= 11 is 0. The van der Waals surface area contributed by atoms with Crippen LogP contribution in [0.4, 0.5) is 0 Å². The molecule has 15 heavy (non-hydrogen) atoms. The monoisotopic (exact) mass is 211 g/mol. The van der Waals surface area contributed by atoms with Crippen LogP contribution in [-0.2, 0) is 4.79 Å². The molecule has 0 aliphatic heterocycles. The van der Waals surface area contributed by atoms with Gasteiger partial charge in [-0.1, -0.05) is 46.0 Å². The van der Waals surface area contributed by atoms with Gasteiger partial charge < -0.3 is 5.32 Å². The Morgan fingerprint density at radius 2 is 1.67 bits per heavy atom. The van der Waals surface area contributed by atoms with Crippen LogP contribution < -0.4 is 5.32 Å². The van der Waals surface area contributed by atoms with E-state index in [4.69, 9.17) is 0 Å². The molecular weight excluding hydrogens is 186 g/mol. The van der Waals surface area contributed by atoms with Gasteiger partial charge in [-0.2, -0.15) is 0 Å². The lowest BCUT2D eigenvalue weighted by molar-refractivity contribution is -0.125. The molecule has 2 nitrogen and oxygen atoms in total. The first-order valence-corrected chi connectivity index (χ1v) is 6.48. The Bertz CT molecular complexity index is 181. The lowest BCUT2D eigenvalue weighted by atomic mass is 9.90. The van der Waals surface area contributed by atoms with E-state index in [0.29, 0.717) is 17.7 Å². The summed E-state index contributed by atoms with van der Waals surface area (Å²) in [5.41, 5.74) is 0. The maximum Gasteiger partial charge on any atom is 0.223 e. The van der Waals surface area contributed by atoms with E-state index in [1.165, 1.54) is 32.1 Å². The lowest BCUT2D eigenvalue weighted by Gasteiger charge is -2.19. The summed E-state index contributed by atoms with van der Waals surface area (Å²) in [5, 5.41) is 3.06. The maximum atomic E-state index is 11.9. The van der Waals surface area contributed by atoms with Crippen molar-refractivity contribution in [3.05, 3.63) is 0 Å². The summed E-state index contributed by atoms with van der Waals surface area (Å²) in [7, 11) is 0. The van der Waals surface area contributed by atoms with Crippen molar-refractivity contribution in [3.8, 4) is 0 Å². The van der Waals surface area contributed by atoms with Gasteiger partial charge in [0.05, 0.1) is 0 Å². The van der Waals surface area contributed by atoms with Gasteiger partial charge >= 0.3 is 0 Å². The molecule has 0 bridgehead atoms. The van der Waals surface area contributed by atoms with E-state index in [1.54, 1.807) is 0 Å². The van der Waals surface area contributed by atoms with E-state index in [9.17, 15) is 4.79 Å². The van der Waals surface area contributed by atoms with Crippen molar-refractivity contribution in [1.29, 1.82) is 0 Å². The average molecular weight is 211 g/mol. The van der Waals surface area contributed by atoms with E-state index in [1.807, 2.05) is 0 Å². The Hall–Kier alpha value is -0.530. The number of hydrogen-bond acceptors (Lipinski definition) is 1. The van der Waals surface area contributed by atoms with Crippen molar-refractivity contribution >= 4 is 5.91 Å². The highest BCUT2D eigenvalue weighted by atomic mass is 16.1. The number of carbonyl (C=O) groups excluding carboxylic acids is 1. The Morgan fingerprint density at radius 3 is 2.20 bits per heavy atom. The summed E-state index contributed by atoms with van der Waals surface area (Å²) in [4.78, 5) is 11.9. The fraction of sp³-hybridized carbons (Fsp3) is 0.923. The topological polar surface area (TPSA) is 29.1 Å². The van der Waals surface area contributed by atoms with Crippen molar-refractivity contribution in [2.24, 2.45) is 11.8 Å². The summed E-state index contributed by atoms with van der Waals surface area (Å²) in [6, 6.07) is 0. The SMILES string of the molecule is CC(C)CNC(=O)C1CCCCCCC1. The van der Waals surface area contributed by atoms with Crippen LogP contribution in [0, 0.1) is 11.8 Å². The van der Waals surface area contributed by atoms with Crippen LogP contribution in [0.5, 0.6) is 0 Å². The summed E-state index contributed by atoms with van der Waals surface area (Å²) in [6.07, 6.45) is 8.66. The lowest BCUT2D eigenvalue weighted by Crippen LogP contribution is -2.33. The van der Waals surface area contributed by atoms with Gasteiger partial charge in [0.2, 0.25) is 5.91 Å². The third kappa shape index (κ3) is 5.19. The van der Waals surface area contributed by atoms with Gasteiger partial charge in [-0.05, 0) is 18.8 Å². The molecule has 1 saturated carbocycles. The van der Waals surface area contributed by atoms with Crippen molar-refractivity contribution in [3.63, 3.8) is 0 Å². The van der Waals surface area contributed by atoms with Crippen LogP contribution >= 0.6 is 0 Å². The van der Waals surface area contributed by atoms with E-state index in [-0.39, 0.29) is 0 Å². The zero-order valence-electron chi connectivity index (χ0n) is 10.2. The van der Waals surface area contributed by atoms with Gasteiger partial charge in [0.15, 0.2) is 0 Å². The number of hydrogen-bond donors (Lipinski definition) is 1. The van der Waals surface area contributed by atoms with Crippen LogP contribution in [0.25, 0.3) is 0 Å². The third-order valence-electron chi connectivity index (χ3n) is 3.16. The standard InChI is InChI=1S/C13H25NO/c1-11(2)10-14-13(15)12-8-6-4-3-5-7-9-12/h11-12H,3-10H2,1-2H3,(H,14,15). The molecular formula is C13H25NO. The fourth-order valence-electron chi connectivity index (χ4n) is 2.17. The minimum atomic E-state index is 0.295. The second-order valence-corrected chi connectivity index (χ2v) is 5.18. The van der Waals surface area contributed by atoms with Crippen LogP contribution in [0.15, 0.2) is 0 Å². The zero-order valence-corrected chi connectivity index (χ0v) is 10.2. The molecule has 0 spiro atoms. The van der Waals surface area contributed by atoms with Crippen LogP contribution in [0.3, 0.4) is 0 Å². The van der Waals surface area contributed by atoms with Gasteiger partial charge in [-0.25, -0.2) is 0 Å². The molecule has 1 amide bonds. The summed E-state index contributed by atoms with van der Waals surface area (Å²) < 4.78 is 0. The molecule has 0 saturated heterocycles. The van der Waals surface area contributed by atoms with E-state index >= 15 is 0 Å². The second-order valence-electron chi connectivity index (χ2n) is 5.18. The van der Waals surface area contributed by atoms with Crippen LogP contribution in [0.2, 0.25) is 0 Å². The van der Waals surface area contributed by atoms with Crippen molar-refractivity contribution < 1.29 is 4.79 Å². The molecule has 1 fully saturated rings. The molecule has 1 aliphatic carbocycles. The molecule has 2 heteroatoms. The minimum Gasteiger partial charge on any atom is -0.356 e. The van der Waals surface area contributed by atoms with Gasteiger partial charge in [0, 0.05) is 12.5 Å². The quantitative estimate of drug-likeness (QED) is 0.763. The number of rotatable bonds is 3.